The molecule has 4 heteroatoms. The molecule has 0 spiro atoms. The summed E-state index contributed by atoms with van der Waals surface area (Å²) in [4.78, 5) is 4.36. The van der Waals surface area contributed by atoms with Crippen LogP contribution in [0.15, 0.2) is 28.8 Å². The van der Waals surface area contributed by atoms with Crippen molar-refractivity contribution in [3.8, 4) is 17.1 Å². The second kappa shape index (κ2) is 6.31. The van der Waals surface area contributed by atoms with Gasteiger partial charge >= 0.3 is 0 Å². The van der Waals surface area contributed by atoms with E-state index in [2.05, 4.69) is 30.2 Å². The first-order valence-corrected chi connectivity index (χ1v) is 7.64. The molecule has 2 heterocycles. The molecule has 2 aromatic rings. The van der Waals surface area contributed by atoms with Crippen LogP contribution < -0.4 is 10.1 Å². The molecular weight excluding hydrogens is 264 g/mol. The van der Waals surface area contributed by atoms with E-state index < -0.39 is 0 Å². The Morgan fingerprint density at radius 2 is 2.24 bits per heavy atom. The summed E-state index contributed by atoms with van der Waals surface area (Å²) in [6, 6.07) is 6.19. The monoisotopic (exact) mass is 286 g/mol. The summed E-state index contributed by atoms with van der Waals surface area (Å²) >= 11 is 0. The summed E-state index contributed by atoms with van der Waals surface area (Å²) < 4.78 is 11.4. The molecule has 1 aliphatic rings. The Bertz CT molecular complexity index is 605. The van der Waals surface area contributed by atoms with E-state index >= 15 is 0 Å². The molecule has 0 saturated carbocycles. The molecule has 0 saturated heterocycles. The van der Waals surface area contributed by atoms with Crippen LogP contribution >= 0.6 is 0 Å². The highest BCUT2D eigenvalue weighted by molar-refractivity contribution is 5.60. The second-order valence-corrected chi connectivity index (χ2v) is 5.89. The summed E-state index contributed by atoms with van der Waals surface area (Å²) in [6.45, 7) is 7.11. The van der Waals surface area contributed by atoms with Crippen molar-refractivity contribution in [3.63, 3.8) is 0 Å². The second-order valence-electron chi connectivity index (χ2n) is 5.89. The van der Waals surface area contributed by atoms with E-state index in [9.17, 15) is 0 Å². The number of fused-ring (bicyclic) bond motifs is 1. The van der Waals surface area contributed by atoms with Crippen LogP contribution in [0, 0.1) is 5.92 Å². The van der Waals surface area contributed by atoms with Crippen LogP contribution in [-0.4, -0.2) is 24.7 Å². The summed E-state index contributed by atoms with van der Waals surface area (Å²) in [5.74, 6) is 3.29. The zero-order chi connectivity index (χ0) is 14.7. The number of oxazole rings is 1. The first kappa shape index (κ1) is 14.1. The standard InChI is InChI=1S/C17H22N2O2/c1-12(2)10-18-7-5-17-19-11-16(21-17)13-3-4-15-14(9-13)6-8-20-15/h3-4,9,11-12,18H,5-8,10H2,1-2H3. The van der Waals surface area contributed by atoms with Crippen molar-refractivity contribution < 1.29 is 9.15 Å². The number of nitrogens with zero attached hydrogens (tertiary/aromatic N) is 1. The minimum Gasteiger partial charge on any atom is -0.493 e. The zero-order valence-corrected chi connectivity index (χ0v) is 12.7. The Morgan fingerprint density at radius 1 is 1.33 bits per heavy atom. The van der Waals surface area contributed by atoms with Gasteiger partial charge in [0.25, 0.3) is 0 Å². The predicted octanol–water partition coefficient (Wildman–Crippen LogP) is 3.06. The average Bonchev–Trinajstić information content (AvgIpc) is 3.11. The van der Waals surface area contributed by atoms with Crippen molar-refractivity contribution in [1.82, 2.24) is 10.3 Å². The average molecular weight is 286 g/mol. The molecule has 0 unspecified atom stereocenters. The number of hydrogen-bond donors (Lipinski definition) is 1. The smallest absolute Gasteiger partial charge is 0.196 e. The topological polar surface area (TPSA) is 47.3 Å². The van der Waals surface area contributed by atoms with Crippen LogP contribution in [-0.2, 0) is 12.8 Å². The van der Waals surface area contributed by atoms with E-state index in [0.717, 1.165) is 55.5 Å². The fraction of sp³-hybridized carbons (Fsp3) is 0.471. The highest BCUT2D eigenvalue weighted by atomic mass is 16.5. The van der Waals surface area contributed by atoms with Gasteiger partial charge in [0.2, 0.25) is 0 Å². The number of ether oxygens (including phenoxy) is 1. The number of hydrogen-bond acceptors (Lipinski definition) is 4. The predicted molar refractivity (Wildman–Crippen MR) is 82.5 cm³/mol. The lowest BCUT2D eigenvalue weighted by Crippen LogP contribution is -2.22. The normalized spacial score (nSPS) is 13.5. The lowest BCUT2D eigenvalue weighted by Gasteiger charge is -2.05. The van der Waals surface area contributed by atoms with Crippen LogP contribution in [0.3, 0.4) is 0 Å². The van der Waals surface area contributed by atoms with Crippen molar-refractivity contribution in [2.75, 3.05) is 19.7 Å². The molecule has 0 bridgehead atoms. The van der Waals surface area contributed by atoms with Gasteiger partial charge in [-0.25, -0.2) is 4.98 Å². The van der Waals surface area contributed by atoms with Gasteiger partial charge < -0.3 is 14.5 Å². The SMILES string of the molecule is CC(C)CNCCc1ncc(-c2ccc3c(c2)CCO3)o1. The van der Waals surface area contributed by atoms with Gasteiger partial charge in [-0.2, -0.15) is 0 Å². The molecule has 0 fully saturated rings. The summed E-state index contributed by atoms with van der Waals surface area (Å²) in [5, 5.41) is 3.40. The van der Waals surface area contributed by atoms with E-state index in [1.54, 1.807) is 0 Å². The summed E-state index contributed by atoms with van der Waals surface area (Å²) in [7, 11) is 0. The molecule has 0 atom stereocenters. The third-order valence-corrected chi connectivity index (χ3v) is 3.60. The molecule has 4 nitrogen and oxygen atoms in total. The molecule has 21 heavy (non-hydrogen) atoms. The molecule has 1 aromatic carbocycles. The van der Waals surface area contributed by atoms with E-state index in [1.807, 2.05) is 18.3 Å². The quantitative estimate of drug-likeness (QED) is 0.829. The zero-order valence-electron chi connectivity index (χ0n) is 12.7. The van der Waals surface area contributed by atoms with Crippen LogP contribution in [0.5, 0.6) is 5.75 Å². The number of nitrogens with one attached hydrogen (secondary N) is 1. The Labute approximate surface area is 125 Å². The maximum Gasteiger partial charge on any atom is 0.196 e. The van der Waals surface area contributed by atoms with Crippen molar-refractivity contribution in [1.29, 1.82) is 0 Å². The fourth-order valence-corrected chi connectivity index (χ4v) is 2.49. The molecule has 1 aliphatic heterocycles. The minimum atomic E-state index is 0.666. The van der Waals surface area contributed by atoms with E-state index in [4.69, 9.17) is 9.15 Å². The Kier molecular flexibility index (Phi) is 4.25. The van der Waals surface area contributed by atoms with E-state index in [1.165, 1.54) is 5.56 Å². The highest BCUT2D eigenvalue weighted by Gasteiger charge is 2.14. The maximum absolute atomic E-state index is 5.84. The third kappa shape index (κ3) is 3.45. The van der Waals surface area contributed by atoms with Crippen LogP contribution in [0.1, 0.15) is 25.3 Å². The van der Waals surface area contributed by atoms with Crippen LogP contribution in [0.2, 0.25) is 0 Å². The molecule has 3 rings (SSSR count). The van der Waals surface area contributed by atoms with Crippen molar-refractivity contribution in [2.24, 2.45) is 5.92 Å². The lowest BCUT2D eigenvalue weighted by molar-refractivity contribution is 0.357. The van der Waals surface area contributed by atoms with Gasteiger partial charge in [0.1, 0.15) is 5.75 Å². The maximum atomic E-state index is 5.84. The molecule has 0 radical (unpaired) electrons. The summed E-state index contributed by atoms with van der Waals surface area (Å²) in [5.41, 5.74) is 2.33. The van der Waals surface area contributed by atoms with Gasteiger partial charge in [-0.1, -0.05) is 13.8 Å². The van der Waals surface area contributed by atoms with Gasteiger partial charge in [0.05, 0.1) is 12.8 Å². The van der Waals surface area contributed by atoms with Crippen LogP contribution in [0.4, 0.5) is 0 Å². The first-order chi connectivity index (χ1) is 10.2. The summed E-state index contributed by atoms with van der Waals surface area (Å²) in [6.07, 6.45) is 3.61. The molecule has 1 aromatic heterocycles. The largest absolute Gasteiger partial charge is 0.493 e. The number of benzene rings is 1. The molecule has 1 N–H and O–H groups in total. The minimum absolute atomic E-state index is 0.666. The van der Waals surface area contributed by atoms with Crippen molar-refractivity contribution in [2.45, 2.75) is 26.7 Å². The number of rotatable bonds is 6. The van der Waals surface area contributed by atoms with Gasteiger partial charge in [0, 0.05) is 24.9 Å². The lowest BCUT2D eigenvalue weighted by atomic mass is 10.1. The van der Waals surface area contributed by atoms with Crippen molar-refractivity contribution in [3.05, 3.63) is 35.9 Å². The third-order valence-electron chi connectivity index (χ3n) is 3.60. The van der Waals surface area contributed by atoms with Crippen molar-refractivity contribution >= 4 is 0 Å². The molecule has 0 aliphatic carbocycles. The van der Waals surface area contributed by atoms with Gasteiger partial charge in [-0.05, 0) is 36.2 Å². The Balaban J connectivity index is 1.62. The number of aromatic nitrogens is 1. The Morgan fingerprint density at radius 3 is 3.10 bits per heavy atom. The molecule has 0 amide bonds. The Hall–Kier alpha value is -1.81. The van der Waals surface area contributed by atoms with E-state index in [0.29, 0.717) is 5.92 Å². The molecule has 112 valence electrons. The van der Waals surface area contributed by atoms with Gasteiger partial charge in [-0.15, -0.1) is 0 Å². The van der Waals surface area contributed by atoms with Gasteiger partial charge in [0.15, 0.2) is 11.7 Å². The van der Waals surface area contributed by atoms with E-state index in [-0.39, 0.29) is 0 Å². The van der Waals surface area contributed by atoms with Gasteiger partial charge in [-0.3, -0.25) is 0 Å². The molecular formula is C17H22N2O2. The highest BCUT2D eigenvalue weighted by Crippen LogP contribution is 2.30. The van der Waals surface area contributed by atoms with Crippen LogP contribution in [0.25, 0.3) is 11.3 Å². The fourth-order valence-electron chi connectivity index (χ4n) is 2.49. The first-order valence-electron chi connectivity index (χ1n) is 7.64.